The molecule has 0 unspecified atom stereocenters. The molecule has 4 rings (SSSR count). The van der Waals surface area contributed by atoms with Gasteiger partial charge in [0.2, 0.25) is 11.9 Å². The van der Waals surface area contributed by atoms with Crippen molar-refractivity contribution in [1.29, 1.82) is 0 Å². The van der Waals surface area contributed by atoms with Crippen LogP contribution in [0.15, 0.2) is 70.7 Å². The Bertz CT molecular complexity index is 1010. The van der Waals surface area contributed by atoms with Crippen molar-refractivity contribution >= 4 is 35.2 Å². The Labute approximate surface area is 166 Å². The van der Waals surface area contributed by atoms with Gasteiger partial charge in [0.1, 0.15) is 0 Å². The molecule has 0 bridgehead atoms. The van der Waals surface area contributed by atoms with Gasteiger partial charge < -0.3 is 5.32 Å². The predicted octanol–water partition coefficient (Wildman–Crippen LogP) is 5.04. The largest absolute Gasteiger partial charge is 0.324 e. The Morgan fingerprint density at radius 3 is 2.67 bits per heavy atom. The number of para-hydroxylation sites is 1. The summed E-state index contributed by atoms with van der Waals surface area (Å²) in [6, 6.07) is 17.3. The van der Waals surface area contributed by atoms with Crippen molar-refractivity contribution in [2.24, 2.45) is 4.99 Å². The molecule has 1 aromatic heterocycles. The molecule has 136 valence electrons. The van der Waals surface area contributed by atoms with E-state index in [0.29, 0.717) is 17.9 Å². The molecule has 2 aromatic carbocycles. The third kappa shape index (κ3) is 4.07. The Hall–Kier alpha value is -2.57. The second kappa shape index (κ2) is 7.98. The Kier molecular flexibility index (Phi) is 5.27. The summed E-state index contributed by atoms with van der Waals surface area (Å²) in [6.45, 7) is 0.206. The minimum absolute atomic E-state index is 0.206. The van der Waals surface area contributed by atoms with E-state index in [-0.39, 0.29) is 6.54 Å². The molecular weight excluding hydrogens is 383 g/mol. The normalized spacial score (nSPS) is 14.4. The van der Waals surface area contributed by atoms with Crippen molar-refractivity contribution in [2.75, 3.05) is 5.32 Å². The molecule has 2 N–H and O–H groups in total. The number of aliphatic imine (C=N–C) groups is 1. The number of halogens is 2. The quantitative estimate of drug-likeness (QED) is 0.477. The first-order chi connectivity index (χ1) is 13.2. The van der Waals surface area contributed by atoms with Gasteiger partial charge in [-0.25, -0.2) is 9.98 Å². The van der Waals surface area contributed by atoms with E-state index in [9.17, 15) is 4.39 Å². The average Bonchev–Trinajstić information content (AvgIpc) is 2.69. The lowest BCUT2D eigenvalue weighted by Gasteiger charge is -2.23. The third-order valence-electron chi connectivity index (χ3n) is 4.20. The molecule has 2 heterocycles. The van der Waals surface area contributed by atoms with Gasteiger partial charge in [0.25, 0.3) is 0 Å². The van der Waals surface area contributed by atoms with Gasteiger partial charge >= 0.3 is 0 Å². The van der Waals surface area contributed by atoms with Crippen molar-refractivity contribution in [3.05, 3.63) is 88.5 Å². The van der Waals surface area contributed by atoms with Crippen LogP contribution in [0.2, 0.25) is 5.02 Å². The summed E-state index contributed by atoms with van der Waals surface area (Å²) in [6.07, 6.45) is 2.14. The van der Waals surface area contributed by atoms with E-state index in [1.807, 2.05) is 36.4 Å². The van der Waals surface area contributed by atoms with Crippen LogP contribution in [0.5, 0.6) is 0 Å². The van der Waals surface area contributed by atoms with Gasteiger partial charge in [-0.1, -0.05) is 48.0 Å². The zero-order chi connectivity index (χ0) is 18.6. The number of anilines is 1. The second-order valence-electron chi connectivity index (χ2n) is 6.01. The van der Waals surface area contributed by atoms with E-state index in [1.165, 1.54) is 18.1 Å². The first kappa shape index (κ1) is 17.8. The molecule has 0 saturated carbocycles. The van der Waals surface area contributed by atoms with Gasteiger partial charge in [-0.2, -0.15) is 4.39 Å². The van der Waals surface area contributed by atoms with Gasteiger partial charge in [-0.3, -0.25) is 4.72 Å². The number of benzene rings is 2. The van der Waals surface area contributed by atoms with Gasteiger partial charge in [-0.05, 0) is 41.3 Å². The number of hydrogen-bond acceptors (Lipinski definition) is 3. The monoisotopic (exact) mass is 398 g/mol. The Morgan fingerprint density at radius 2 is 1.81 bits per heavy atom. The summed E-state index contributed by atoms with van der Waals surface area (Å²) >= 11 is 7.79. The van der Waals surface area contributed by atoms with Crippen molar-refractivity contribution in [1.82, 2.24) is 9.71 Å². The molecule has 4 nitrogen and oxygen atoms in total. The van der Waals surface area contributed by atoms with Gasteiger partial charge in [0.05, 0.1) is 17.1 Å². The zero-order valence-electron chi connectivity index (χ0n) is 14.2. The van der Waals surface area contributed by atoms with Crippen LogP contribution in [0.1, 0.15) is 16.7 Å². The van der Waals surface area contributed by atoms with Crippen LogP contribution >= 0.6 is 23.5 Å². The lowest BCUT2D eigenvalue weighted by atomic mass is 10.0. The minimum Gasteiger partial charge on any atom is -0.324 e. The SMILES string of the molecule is Fc1ncccc1CN=C1NSc2cccc(Cc3ccccc3Cl)c2N1. The second-order valence-corrected chi connectivity index (χ2v) is 7.26. The van der Waals surface area contributed by atoms with E-state index in [2.05, 4.69) is 26.1 Å². The highest BCUT2D eigenvalue weighted by atomic mass is 35.5. The molecule has 0 radical (unpaired) electrons. The molecule has 0 amide bonds. The summed E-state index contributed by atoms with van der Waals surface area (Å²) in [7, 11) is 0. The van der Waals surface area contributed by atoms with Crippen LogP contribution in [0.3, 0.4) is 0 Å². The van der Waals surface area contributed by atoms with Crippen molar-refractivity contribution in [3.63, 3.8) is 0 Å². The fourth-order valence-corrected chi connectivity index (χ4v) is 3.77. The van der Waals surface area contributed by atoms with E-state index in [0.717, 1.165) is 26.7 Å². The van der Waals surface area contributed by atoms with Crippen LogP contribution in [-0.4, -0.2) is 10.9 Å². The maximum absolute atomic E-state index is 13.7. The molecular formula is C20H16ClFN4S. The summed E-state index contributed by atoms with van der Waals surface area (Å²) in [5.74, 6) is 0.0903. The standard InChI is InChI=1S/C20H16ClFN4S/c21-16-8-2-1-5-13(16)11-14-6-3-9-17-18(14)25-20(26-27-17)24-12-15-7-4-10-23-19(15)22/h1-10H,11-12H2,(H2,24,25,26). The predicted molar refractivity (Wildman–Crippen MR) is 109 cm³/mol. The fourth-order valence-electron chi connectivity index (χ4n) is 2.82. The molecule has 0 aliphatic carbocycles. The third-order valence-corrected chi connectivity index (χ3v) is 5.42. The number of pyridine rings is 1. The molecule has 1 aliphatic rings. The van der Waals surface area contributed by atoms with E-state index >= 15 is 0 Å². The highest BCUT2D eigenvalue weighted by Gasteiger charge is 2.18. The number of hydrogen-bond donors (Lipinski definition) is 2. The van der Waals surface area contributed by atoms with Crippen molar-refractivity contribution < 1.29 is 4.39 Å². The fraction of sp³-hybridized carbons (Fsp3) is 0.100. The number of aromatic nitrogens is 1. The number of fused-ring (bicyclic) bond motifs is 1. The lowest BCUT2D eigenvalue weighted by molar-refractivity contribution is 0.567. The van der Waals surface area contributed by atoms with E-state index in [1.54, 1.807) is 12.1 Å². The Morgan fingerprint density at radius 1 is 1.00 bits per heavy atom. The highest BCUT2D eigenvalue weighted by molar-refractivity contribution is 7.98. The first-order valence-corrected chi connectivity index (χ1v) is 9.59. The number of nitrogens with zero attached hydrogens (tertiary/aromatic N) is 2. The minimum atomic E-state index is -0.495. The highest BCUT2D eigenvalue weighted by Crippen LogP contribution is 2.34. The summed E-state index contributed by atoms with van der Waals surface area (Å²) in [5, 5.41) is 4.07. The van der Waals surface area contributed by atoms with Crippen LogP contribution in [0, 0.1) is 5.95 Å². The maximum Gasteiger partial charge on any atom is 0.217 e. The zero-order valence-corrected chi connectivity index (χ0v) is 15.8. The molecule has 7 heteroatoms. The van der Waals surface area contributed by atoms with Gasteiger partial charge in [-0.15, -0.1) is 0 Å². The number of guanidine groups is 1. The number of rotatable bonds is 4. The van der Waals surface area contributed by atoms with Gasteiger partial charge in [0, 0.05) is 23.2 Å². The van der Waals surface area contributed by atoms with Crippen LogP contribution in [0.4, 0.5) is 10.1 Å². The maximum atomic E-state index is 13.7. The van der Waals surface area contributed by atoms with E-state index < -0.39 is 5.95 Å². The molecule has 27 heavy (non-hydrogen) atoms. The van der Waals surface area contributed by atoms with Crippen LogP contribution < -0.4 is 10.0 Å². The smallest absolute Gasteiger partial charge is 0.217 e. The molecule has 0 saturated heterocycles. The summed E-state index contributed by atoms with van der Waals surface area (Å²) in [4.78, 5) is 9.18. The van der Waals surface area contributed by atoms with Crippen molar-refractivity contribution in [3.8, 4) is 0 Å². The molecule has 0 fully saturated rings. The number of nitrogens with one attached hydrogen (secondary N) is 2. The van der Waals surface area contributed by atoms with E-state index in [4.69, 9.17) is 11.6 Å². The molecule has 0 spiro atoms. The summed E-state index contributed by atoms with van der Waals surface area (Å²) in [5.41, 5.74) is 3.63. The topological polar surface area (TPSA) is 49.3 Å². The molecule has 0 atom stereocenters. The first-order valence-electron chi connectivity index (χ1n) is 8.40. The lowest BCUT2D eigenvalue weighted by Crippen LogP contribution is -2.30. The van der Waals surface area contributed by atoms with Crippen LogP contribution in [0.25, 0.3) is 0 Å². The molecule has 3 aromatic rings. The summed E-state index contributed by atoms with van der Waals surface area (Å²) < 4.78 is 16.8. The van der Waals surface area contributed by atoms with Gasteiger partial charge in [0.15, 0.2) is 0 Å². The van der Waals surface area contributed by atoms with Crippen LogP contribution in [-0.2, 0) is 13.0 Å². The Balaban J connectivity index is 1.57. The average molecular weight is 399 g/mol. The molecule has 1 aliphatic heterocycles. The van der Waals surface area contributed by atoms with Crippen molar-refractivity contribution in [2.45, 2.75) is 17.9 Å².